The van der Waals surface area contributed by atoms with Crippen molar-refractivity contribution in [1.82, 2.24) is 4.57 Å². The summed E-state index contributed by atoms with van der Waals surface area (Å²) in [6.07, 6.45) is 6.92. The van der Waals surface area contributed by atoms with E-state index in [0.717, 1.165) is 21.9 Å². The predicted octanol–water partition coefficient (Wildman–Crippen LogP) is 5.01. The second kappa shape index (κ2) is 10.9. The number of ether oxygens (including phenoxy) is 2. The van der Waals surface area contributed by atoms with E-state index in [4.69, 9.17) is 27.5 Å². The van der Waals surface area contributed by atoms with E-state index in [9.17, 15) is 9.59 Å². The highest BCUT2D eigenvalue weighted by atomic mass is 35.5. The Hall–Kier alpha value is -4.12. The fraction of sp³-hybridized carbons (Fsp3) is 0.194. The Morgan fingerprint density at radius 1 is 1.18 bits per heavy atom. The van der Waals surface area contributed by atoms with Crippen LogP contribution in [0.25, 0.3) is 16.8 Å². The highest BCUT2D eigenvalue weighted by Crippen LogP contribution is 2.32. The van der Waals surface area contributed by atoms with Crippen molar-refractivity contribution in [2.45, 2.75) is 32.9 Å². The Bertz CT molecular complexity index is 1840. The van der Waals surface area contributed by atoms with E-state index in [1.165, 1.54) is 11.3 Å². The number of aromatic nitrogens is 1. The molecule has 0 bridgehead atoms. The minimum absolute atomic E-state index is 0.0948. The zero-order valence-electron chi connectivity index (χ0n) is 21.6. The number of esters is 1. The fourth-order valence-electron chi connectivity index (χ4n) is 4.62. The number of benzene rings is 3. The summed E-state index contributed by atoms with van der Waals surface area (Å²) in [4.78, 5) is 32.4. The summed E-state index contributed by atoms with van der Waals surface area (Å²) in [5.74, 6) is 2.55. The molecule has 1 unspecified atom stereocenters. The van der Waals surface area contributed by atoms with Crippen molar-refractivity contribution >= 4 is 45.8 Å². The van der Waals surface area contributed by atoms with Gasteiger partial charge >= 0.3 is 5.97 Å². The number of nitrogens with zero attached hydrogens (tertiary/aromatic N) is 2. The number of rotatable bonds is 6. The monoisotopic (exact) mass is 556 g/mol. The number of terminal acetylenes is 1. The van der Waals surface area contributed by atoms with Crippen LogP contribution in [-0.4, -0.2) is 23.2 Å². The molecular weight excluding hydrogens is 532 g/mol. The van der Waals surface area contributed by atoms with Gasteiger partial charge in [-0.15, -0.1) is 6.42 Å². The molecule has 0 saturated carbocycles. The molecule has 3 aromatic carbocycles. The smallest absolute Gasteiger partial charge is 0.338 e. The van der Waals surface area contributed by atoms with Crippen LogP contribution in [0.3, 0.4) is 0 Å². The highest BCUT2D eigenvalue weighted by molar-refractivity contribution is 7.07. The van der Waals surface area contributed by atoms with Crippen LogP contribution >= 0.6 is 22.9 Å². The molecule has 2 heterocycles. The lowest BCUT2D eigenvalue weighted by Crippen LogP contribution is -2.40. The lowest BCUT2D eigenvalue weighted by Gasteiger charge is -2.25. The van der Waals surface area contributed by atoms with Crippen LogP contribution in [0.5, 0.6) is 5.75 Å². The van der Waals surface area contributed by atoms with Crippen molar-refractivity contribution in [3.05, 3.63) is 108 Å². The summed E-state index contributed by atoms with van der Waals surface area (Å²) in [7, 11) is 0. The van der Waals surface area contributed by atoms with E-state index >= 15 is 0 Å². The van der Waals surface area contributed by atoms with E-state index in [1.807, 2.05) is 54.6 Å². The molecule has 1 atom stereocenters. The number of thiazole rings is 1. The SMILES string of the molecule is C#CCOc1ccc2ccccc2c1C=c1sc2n(c1=O)C(c1ccc(Cl)cc1)C(C(=O)OC(C)C)=C(C)N=2. The first kappa shape index (κ1) is 26.5. The largest absolute Gasteiger partial charge is 0.480 e. The van der Waals surface area contributed by atoms with E-state index in [0.29, 0.717) is 31.4 Å². The van der Waals surface area contributed by atoms with E-state index in [2.05, 4.69) is 10.9 Å². The van der Waals surface area contributed by atoms with Gasteiger partial charge in [-0.25, -0.2) is 9.79 Å². The number of hydrogen-bond acceptors (Lipinski definition) is 6. The molecule has 0 spiro atoms. The molecule has 0 N–H and O–H groups in total. The third kappa shape index (κ3) is 5.14. The minimum Gasteiger partial charge on any atom is -0.480 e. The lowest BCUT2D eigenvalue weighted by atomic mass is 9.96. The van der Waals surface area contributed by atoms with Crippen LogP contribution in [0.2, 0.25) is 5.02 Å². The number of fused-ring (bicyclic) bond motifs is 2. The number of carbonyl (C=O) groups excluding carboxylic acids is 1. The first-order valence-electron chi connectivity index (χ1n) is 12.4. The maximum atomic E-state index is 14.0. The molecule has 1 aliphatic heterocycles. The zero-order chi connectivity index (χ0) is 27.7. The van der Waals surface area contributed by atoms with Crippen LogP contribution in [0.15, 0.2) is 81.7 Å². The Morgan fingerprint density at radius 2 is 1.92 bits per heavy atom. The van der Waals surface area contributed by atoms with Crippen molar-refractivity contribution in [2.24, 2.45) is 4.99 Å². The summed E-state index contributed by atoms with van der Waals surface area (Å²) >= 11 is 7.40. The van der Waals surface area contributed by atoms with Crippen molar-refractivity contribution in [3.8, 4) is 18.1 Å². The van der Waals surface area contributed by atoms with Crippen LogP contribution in [0.1, 0.15) is 37.9 Å². The number of hydrogen-bond donors (Lipinski definition) is 0. The predicted molar refractivity (Wildman–Crippen MR) is 155 cm³/mol. The molecule has 196 valence electrons. The van der Waals surface area contributed by atoms with E-state index in [-0.39, 0.29) is 18.3 Å². The van der Waals surface area contributed by atoms with Gasteiger partial charge in [-0.2, -0.15) is 0 Å². The van der Waals surface area contributed by atoms with Gasteiger partial charge in [0.15, 0.2) is 4.80 Å². The molecule has 5 rings (SSSR count). The van der Waals surface area contributed by atoms with Gasteiger partial charge in [0.1, 0.15) is 12.4 Å². The molecule has 0 aliphatic carbocycles. The number of carbonyl (C=O) groups is 1. The minimum atomic E-state index is -0.725. The fourth-order valence-corrected chi connectivity index (χ4v) is 5.78. The van der Waals surface area contributed by atoms with Gasteiger partial charge < -0.3 is 9.47 Å². The third-order valence-electron chi connectivity index (χ3n) is 6.29. The summed E-state index contributed by atoms with van der Waals surface area (Å²) in [5.41, 5.74) is 1.99. The molecule has 6 nitrogen and oxygen atoms in total. The molecular formula is C31H25ClN2O4S. The summed E-state index contributed by atoms with van der Waals surface area (Å²) in [6.45, 7) is 5.42. The molecule has 4 aromatic rings. The van der Waals surface area contributed by atoms with Crippen LogP contribution < -0.4 is 19.6 Å². The standard InChI is InChI=1S/C31H25ClN2O4S/c1-5-16-37-25-15-12-20-8-6-7-9-23(20)24(25)17-26-29(35)34-28(21-10-13-22(32)14-11-21)27(30(36)38-18(2)3)19(4)33-31(34)39-26/h1,6-15,17-18,28H,16H2,2-4H3. The van der Waals surface area contributed by atoms with Crippen molar-refractivity contribution in [2.75, 3.05) is 6.61 Å². The molecule has 8 heteroatoms. The Labute approximate surface area is 234 Å². The van der Waals surface area contributed by atoms with E-state index < -0.39 is 12.0 Å². The maximum absolute atomic E-state index is 14.0. The second-order valence-corrected chi connectivity index (χ2v) is 10.7. The molecule has 39 heavy (non-hydrogen) atoms. The number of allylic oxidation sites excluding steroid dienone is 1. The molecule has 0 amide bonds. The average molecular weight is 557 g/mol. The summed E-state index contributed by atoms with van der Waals surface area (Å²) < 4.78 is 13.4. The normalized spacial score (nSPS) is 15.2. The van der Waals surface area contributed by atoms with Crippen molar-refractivity contribution in [3.63, 3.8) is 0 Å². The van der Waals surface area contributed by atoms with E-state index in [1.54, 1.807) is 37.5 Å². The van der Waals surface area contributed by atoms with Gasteiger partial charge in [0.2, 0.25) is 0 Å². The van der Waals surface area contributed by atoms with Crippen LogP contribution in [-0.2, 0) is 9.53 Å². The highest BCUT2D eigenvalue weighted by Gasteiger charge is 2.33. The Kier molecular flexibility index (Phi) is 7.42. The summed E-state index contributed by atoms with van der Waals surface area (Å²) in [6, 6.07) is 18.0. The van der Waals surface area contributed by atoms with Gasteiger partial charge in [-0.3, -0.25) is 9.36 Å². The van der Waals surface area contributed by atoms with Gasteiger partial charge in [0.25, 0.3) is 5.56 Å². The quantitative estimate of drug-likeness (QED) is 0.247. The molecule has 0 saturated heterocycles. The average Bonchev–Trinajstić information content (AvgIpc) is 3.21. The van der Waals surface area contributed by atoms with Gasteiger partial charge in [0, 0.05) is 10.6 Å². The van der Waals surface area contributed by atoms with Gasteiger partial charge in [-0.05, 0) is 61.4 Å². The summed E-state index contributed by atoms with van der Waals surface area (Å²) in [5, 5.41) is 2.47. The maximum Gasteiger partial charge on any atom is 0.338 e. The molecule has 1 aromatic heterocycles. The van der Waals surface area contributed by atoms with Crippen molar-refractivity contribution in [1.29, 1.82) is 0 Å². The first-order chi connectivity index (χ1) is 18.8. The van der Waals surface area contributed by atoms with Gasteiger partial charge in [-0.1, -0.05) is 71.3 Å². The zero-order valence-corrected chi connectivity index (χ0v) is 23.2. The van der Waals surface area contributed by atoms with Gasteiger partial charge in [0.05, 0.1) is 27.9 Å². The molecule has 0 fully saturated rings. The van der Waals surface area contributed by atoms with Crippen LogP contribution in [0.4, 0.5) is 0 Å². The lowest BCUT2D eigenvalue weighted by molar-refractivity contribution is -0.143. The van der Waals surface area contributed by atoms with Crippen LogP contribution in [0, 0.1) is 12.3 Å². The molecule has 1 aliphatic rings. The third-order valence-corrected chi connectivity index (χ3v) is 7.52. The Morgan fingerprint density at radius 3 is 2.64 bits per heavy atom. The molecule has 0 radical (unpaired) electrons. The Balaban J connectivity index is 1.76. The van der Waals surface area contributed by atoms with Crippen molar-refractivity contribution < 1.29 is 14.3 Å². The number of halogens is 1. The second-order valence-electron chi connectivity index (χ2n) is 9.28. The topological polar surface area (TPSA) is 69.9 Å². The first-order valence-corrected chi connectivity index (χ1v) is 13.5.